The van der Waals surface area contributed by atoms with Crippen molar-refractivity contribution in [1.29, 1.82) is 0 Å². The first kappa shape index (κ1) is 21.6. The number of alkyl halides is 3. The van der Waals surface area contributed by atoms with Crippen LogP contribution in [0.3, 0.4) is 0 Å². The van der Waals surface area contributed by atoms with Crippen molar-refractivity contribution in [3.8, 4) is 11.3 Å². The second-order valence-electron chi connectivity index (χ2n) is 6.52. The van der Waals surface area contributed by atoms with Crippen LogP contribution in [0.1, 0.15) is 18.4 Å². The predicted octanol–water partition coefficient (Wildman–Crippen LogP) is 5.00. The Morgan fingerprint density at radius 2 is 1.80 bits per heavy atom. The zero-order valence-corrected chi connectivity index (χ0v) is 16.4. The summed E-state index contributed by atoms with van der Waals surface area (Å²) in [6, 6.07) is 14.4. The minimum atomic E-state index is -4.48. The van der Waals surface area contributed by atoms with E-state index >= 15 is 0 Å². The fourth-order valence-electron chi connectivity index (χ4n) is 2.77. The third-order valence-corrected chi connectivity index (χ3v) is 4.51. The summed E-state index contributed by atoms with van der Waals surface area (Å²) in [7, 11) is 0. The summed E-state index contributed by atoms with van der Waals surface area (Å²) in [4.78, 5) is 24.1. The zero-order valence-electron chi connectivity index (χ0n) is 15.6. The molecule has 1 N–H and O–H groups in total. The molecule has 0 fully saturated rings. The molecule has 0 bridgehead atoms. The van der Waals surface area contributed by atoms with E-state index in [0.717, 1.165) is 17.7 Å². The Labute approximate surface area is 175 Å². The smallest absolute Gasteiger partial charge is 0.326 e. The topological polar surface area (TPSA) is 64.0 Å². The summed E-state index contributed by atoms with van der Waals surface area (Å²) in [6.45, 7) is 0.191. The van der Waals surface area contributed by atoms with Crippen LogP contribution in [0.15, 0.2) is 65.5 Å². The highest BCUT2D eigenvalue weighted by Crippen LogP contribution is 2.30. The lowest BCUT2D eigenvalue weighted by atomic mass is 10.1. The van der Waals surface area contributed by atoms with Crippen molar-refractivity contribution in [2.24, 2.45) is 0 Å². The molecule has 156 valence electrons. The largest absolute Gasteiger partial charge is 0.416 e. The van der Waals surface area contributed by atoms with Crippen LogP contribution >= 0.6 is 11.6 Å². The van der Waals surface area contributed by atoms with Crippen LogP contribution in [-0.4, -0.2) is 15.7 Å². The van der Waals surface area contributed by atoms with Crippen LogP contribution in [0.25, 0.3) is 11.3 Å². The number of nitrogens with zero attached hydrogens (tertiary/aromatic N) is 2. The summed E-state index contributed by atoms with van der Waals surface area (Å²) in [6.07, 6.45) is -4.17. The molecular formula is C21H17ClF3N3O2. The molecule has 0 spiro atoms. The highest BCUT2D eigenvalue weighted by molar-refractivity contribution is 6.30. The average molecular weight is 436 g/mol. The van der Waals surface area contributed by atoms with Gasteiger partial charge in [-0.3, -0.25) is 9.59 Å². The van der Waals surface area contributed by atoms with Gasteiger partial charge in [0.15, 0.2) is 0 Å². The molecule has 1 heterocycles. The highest BCUT2D eigenvalue weighted by atomic mass is 35.5. The zero-order chi connectivity index (χ0) is 21.7. The Bertz CT molecular complexity index is 1100. The molecule has 3 rings (SSSR count). The number of hydrogen-bond acceptors (Lipinski definition) is 3. The van der Waals surface area contributed by atoms with Gasteiger partial charge in [0.05, 0.1) is 11.3 Å². The maximum absolute atomic E-state index is 12.7. The number of carbonyl (C=O) groups is 1. The number of rotatable bonds is 6. The molecule has 0 radical (unpaired) electrons. The van der Waals surface area contributed by atoms with Crippen LogP contribution < -0.4 is 10.9 Å². The molecule has 0 saturated carbocycles. The third kappa shape index (κ3) is 5.70. The van der Waals surface area contributed by atoms with Gasteiger partial charge in [0.1, 0.15) is 0 Å². The van der Waals surface area contributed by atoms with Crippen LogP contribution in [0.2, 0.25) is 5.02 Å². The Morgan fingerprint density at radius 1 is 1.07 bits per heavy atom. The number of halogens is 4. The molecule has 0 saturated heterocycles. The first-order chi connectivity index (χ1) is 14.2. The molecule has 0 atom stereocenters. The van der Waals surface area contributed by atoms with Crippen LogP contribution in [0.5, 0.6) is 0 Å². The normalized spacial score (nSPS) is 11.3. The SMILES string of the molecule is O=C(CCCn1nc(-c2ccc(Cl)cc2)ccc1=O)Nc1cccc(C(F)(F)F)c1. The first-order valence-corrected chi connectivity index (χ1v) is 9.41. The second-order valence-corrected chi connectivity index (χ2v) is 6.95. The Morgan fingerprint density at radius 3 is 2.50 bits per heavy atom. The number of aryl methyl sites for hydroxylation is 1. The van der Waals surface area contributed by atoms with E-state index in [1.165, 1.54) is 22.9 Å². The van der Waals surface area contributed by atoms with E-state index in [9.17, 15) is 22.8 Å². The van der Waals surface area contributed by atoms with Gasteiger partial charge in [-0.1, -0.05) is 29.8 Å². The van der Waals surface area contributed by atoms with Crippen molar-refractivity contribution in [2.75, 3.05) is 5.32 Å². The van der Waals surface area contributed by atoms with Crippen molar-refractivity contribution >= 4 is 23.2 Å². The van der Waals surface area contributed by atoms with Crippen molar-refractivity contribution < 1.29 is 18.0 Å². The Kier molecular flexibility index (Phi) is 6.56. The molecule has 3 aromatic rings. The number of hydrogen-bond donors (Lipinski definition) is 1. The van der Waals surface area contributed by atoms with Gasteiger partial charge in [-0.05, 0) is 42.8 Å². The van der Waals surface area contributed by atoms with Crippen molar-refractivity contribution in [1.82, 2.24) is 9.78 Å². The number of aromatic nitrogens is 2. The van der Waals surface area contributed by atoms with Crippen LogP contribution in [0, 0.1) is 0 Å². The third-order valence-electron chi connectivity index (χ3n) is 4.25. The molecule has 0 aliphatic heterocycles. The van der Waals surface area contributed by atoms with E-state index < -0.39 is 17.6 Å². The van der Waals surface area contributed by atoms with E-state index in [1.807, 2.05) is 0 Å². The molecule has 5 nitrogen and oxygen atoms in total. The average Bonchev–Trinajstić information content (AvgIpc) is 2.69. The lowest BCUT2D eigenvalue weighted by Gasteiger charge is -2.10. The van der Waals surface area contributed by atoms with Gasteiger partial charge in [-0.2, -0.15) is 18.3 Å². The maximum atomic E-state index is 12.7. The van der Waals surface area contributed by atoms with Gasteiger partial charge in [0, 0.05) is 35.3 Å². The maximum Gasteiger partial charge on any atom is 0.416 e. The Hall–Kier alpha value is -3.13. The van der Waals surface area contributed by atoms with E-state index in [1.54, 1.807) is 30.3 Å². The van der Waals surface area contributed by atoms with E-state index in [-0.39, 0.29) is 24.2 Å². The molecule has 2 aromatic carbocycles. The number of amides is 1. The van der Waals surface area contributed by atoms with Crippen LogP contribution in [-0.2, 0) is 17.5 Å². The highest BCUT2D eigenvalue weighted by Gasteiger charge is 2.30. The summed E-state index contributed by atoms with van der Waals surface area (Å²) in [5.41, 5.74) is 0.283. The first-order valence-electron chi connectivity index (χ1n) is 9.03. The van der Waals surface area contributed by atoms with Crippen molar-refractivity contribution in [2.45, 2.75) is 25.6 Å². The quantitative estimate of drug-likeness (QED) is 0.592. The van der Waals surface area contributed by atoms with Gasteiger partial charge in [-0.15, -0.1) is 0 Å². The van der Waals surface area contributed by atoms with Gasteiger partial charge in [0.25, 0.3) is 5.56 Å². The van der Waals surface area contributed by atoms with Crippen LogP contribution in [0.4, 0.5) is 18.9 Å². The molecule has 9 heteroatoms. The predicted molar refractivity (Wildman–Crippen MR) is 108 cm³/mol. The van der Waals surface area contributed by atoms with Gasteiger partial charge in [0.2, 0.25) is 5.91 Å². The summed E-state index contributed by atoms with van der Waals surface area (Å²) in [5, 5.41) is 7.32. The van der Waals surface area contributed by atoms with Gasteiger partial charge in [-0.25, -0.2) is 4.68 Å². The number of benzene rings is 2. The van der Waals surface area contributed by atoms with E-state index in [4.69, 9.17) is 11.6 Å². The van der Waals surface area contributed by atoms with Gasteiger partial charge < -0.3 is 5.32 Å². The van der Waals surface area contributed by atoms with E-state index in [2.05, 4.69) is 10.4 Å². The molecular weight excluding hydrogens is 419 g/mol. The van der Waals surface area contributed by atoms with E-state index in [0.29, 0.717) is 17.1 Å². The van der Waals surface area contributed by atoms with Crippen molar-refractivity contribution in [3.63, 3.8) is 0 Å². The van der Waals surface area contributed by atoms with Crippen molar-refractivity contribution in [3.05, 3.63) is 81.6 Å². The lowest BCUT2D eigenvalue weighted by molar-refractivity contribution is -0.137. The summed E-state index contributed by atoms with van der Waals surface area (Å²) < 4.78 is 39.5. The monoisotopic (exact) mass is 435 g/mol. The number of anilines is 1. The fraction of sp³-hybridized carbons (Fsp3) is 0.190. The number of nitrogens with one attached hydrogen (secondary N) is 1. The summed E-state index contributed by atoms with van der Waals surface area (Å²) in [5.74, 6) is -0.448. The molecule has 1 amide bonds. The standard InChI is InChI=1S/C21H17ClF3N3O2/c22-16-8-6-14(7-9-16)18-10-11-20(30)28(27-18)12-2-5-19(29)26-17-4-1-3-15(13-17)21(23,24)25/h1,3-4,6-11,13H,2,5,12H2,(H,26,29). The minimum Gasteiger partial charge on any atom is -0.326 e. The minimum absolute atomic E-state index is 0.0234. The second kappa shape index (κ2) is 9.13. The summed E-state index contributed by atoms with van der Waals surface area (Å²) >= 11 is 5.87. The van der Waals surface area contributed by atoms with Gasteiger partial charge >= 0.3 is 6.18 Å². The lowest BCUT2D eigenvalue weighted by Crippen LogP contribution is -2.23. The molecule has 0 aliphatic carbocycles. The molecule has 1 aromatic heterocycles. The molecule has 0 unspecified atom stereocenters. The molecule has 30 heavy (non-hydrogen) atoms. The fourth-order valence-corrected chi connectivity index (χ4v) is 2.90. The Balaban J connectivity index is 1.60. The molecule has 0 aliphatic rings. The number of carbonyl (C=O) groups excluding carboxylic acids is 1.